The minimum absolute atomic E-state index is 0.0713. The van der Waals surface area contributed by atoms with Crippen LogP contribution in [0.4, 0.5) is 10.3 Å². The first-order valence-electron chi connectivity index (χ1n) is 7.18. The molecule has 8 heteroatoms. The zero-order chi connectivity index (χ0) is 15.0. The molecule has 0 aromatic carbocycles. The number of piperidine rings is 1. The van der Waals surface area contributed by atoms with E-state index in [4.69, 9.17) is 0 Å². The highest BCUT2D eigenvalue weighted by Gasteiger charge is 2.41. The molecule has 1 aromatic heterocycles. The van der Waals surface area contributed by atoms with Gasteiger partial charge in [-0.05, 0) is 25.7 Å². The molecule has 116 valence electrons. The number of hydrogen-bond donors (Lipinski definition) is 0. The van der Waals surface area contributed by atoms with E-state index in [0.717, 1.165) is 44.6 Å². The van der Waals surface area contributed by atoms with Gasteiger partial charge in [-0.25, -0.2) is 22.8 Å². The first-order chi connectivity index (χ1) is 9.98. The van der Waals surface area contributed by atoms with Gasteiger partial charge in [-0.15, -0.1) is 0 Å². The highest BCUT2D eigenvalue weighted by molar-refractivity contribution is 7.90. The van der Waals surface area contributed by atoms with E-state index in [-0.39, 0.29) is 11.3 Å². The fourth-order valence-corrected chi connectivity index (χ4v) is 4.50. The summed E-state index contributed by atoms with van der Waals surface area (Å²) >= 11 is 0. The number of sulfonamides is 1. The molecule has 21 heavy (non-hydrogen) atoms. The van der Waals surface area contributed by atoms with Gasteiger partial charge in [-0.2, -0.15) is 4.31 Å². The van der Waals surface area contributed by atoms with Crippen molar-refractivity contribution in [3.8, 4) is 0 Å². The highest BCUT2D eigenvalue weighted by Crippen LogP contribution is 2.32. The summed E-state index contributed by atoms with van der Waals surface area (Å²) in [6.45, 7) is 1.31. The summed E-state index contributed by atoms with van der Waals surface area (Å²) < 4.78 is 39.0. The van der Waals surface area contributed by atoms with E-state index in [2.05, 4.69) is 9.97 Å². The quantitative estimate of drug-likeness (QED) is 0.830. The van der Waals surface area contributed by atoms with Crippen LogP contribution in [0.25, 0.3) is 0 Å². The first-order valence-corrected chi connectivity index (χ1v) is 8.68. The Hall–Kier alpha value is -1.28. The topological polar surface area (TPSA) is 66.4 Å². The number of hydrogen-bond acceptors (Lipinski definition) is 5. The Morgan fingerprint density at radius 1 is 1.29 bits per heavy atom. The van der Waals surface area contributed by atoms with Crippen LogP contribution in [0.3, 0.4) is 0 Å². The number of nitrogens with zero attached hydrogens (tertiary/aromatic N) is 4. The van der Waals surface area contributed by atoms with Crippen molar-refractivity contribution >= 4 is 16.0 Å². The summed E-state index contributed by atoms with van der Waals surface area (Å²) in [5.41, 5.74) is 0. The molecule has 1 aliphatic carbocycles. The fourth-order valence-electron chi connectivity index (χ4n) is 2.71. The molecule has 6 nitrogen and oxygen atoms in total. The molecule has 0 N–H and O–H groups in total. The summed E-state index contributed by atoms with van der Waals surface area (Å²) in [6.07, 6.45) is 5.51. The molecule has 0 bridgehead atoms. The maximum Gasteiger partial charge on any atom is 0.225 e. The highest BCUT2D eigenvalue weighted by atomic mass is 32.2. The van der Waals surface area contributed by atoms with E-state index < -0.39 is 15.8 Å². The second-order valence-corrected chi connectivity index (χ2v) is 7.98. The average molecular weight is 314 g/mol. The lowest BCUT2D eigenvalue weighted by atomic mass is 10.1. The second-order valence-electron chi connectivity index (χ2n) is 5.70. The van der Waals surface area contributed by atoms with Crippen LogP contribution in [0.15, 0.2) is 12.4 Å². The van der Waals surface area contributed by atoms with Gasteiger partial charge in [0, 0.05) is 26.2 Å². The van der Waals surface area contributed by atoms with Crippen molar-refractivity contribution in [3.63, 3.8) is 0 Å². The van der Waals surface area contributed by atoms with Crippen molar-refractivity contribution in [1.29, 1.82) is 0 Å². The van der Waals surface area contributed by atoms with Crippen LogP contribution in [0.1, 0.15) is 25.7 Å². The van der Waals surface area contributed by atoms with E-state index in [0.29, 0.717) is 12.5 Å². The van der Waals surface area contributed by atoms with E-state index >= 15 is 0 Å². The number of rotatable bonds is 4. The lowest BCUT2D eigenvalue weighted by molar-refractivity contribution is 0.318. The SMILES string of the molecule is CN(C1CCCN(c2ncc(F)cn2)C1)S(=O)(=O)C1CC1. The number of likely N-dealkylation sites (N-methyl/N-ethyl adjacent to an activating group) is 1. The molecular weight excluding hydrogens is 295 g/mol. The van der Waals surface area contributed by atoms with Crippen molar-refractivity contribution in [2.75, 3.05) is 25.0 Å². The molecule has 1 unspecified atom stereocenters. The molecule has 1 aromatic rings. The van der Waals surface area contributed by atoms with E-state index in [1.165, 1.54) is 4.31 Å². The van der Waals surface area contributed by atoms with Crippen LogP contribution in [0.5, 0.6) is 0 Å². The third-order valence-corrected chi connectivity index (χ3v) is 6.56. The molecule has 1 saturated heterocycles. The Morgan fingerprint density at radius 2 is 1.95 bits per heavy atom. The molecule has 2 aliphatic rings. The first kappa shape index (κ1) is 14.6. The Bertz CT molecular complexity index is 603. The summed E-state index contributed by atoms with van der Waals surface area (Å²) in [4.78, 5) is 9.88. The van der Waals surface area contributed by atoms with Crippen molar-refractivity contribution < 1.29 is 12.8 Å². The lowest BCUT2D eigenvalue weighted by Crippen LogP contribution is -2.49. The van der Waals surface area contributed by atoms with Crippen molar-refractivity contribution in [2.24, 2.45) is 0 Å². The Balaban J connectivity index is 1.72. The van der Waals surface area contributed by atoms with Gasteiger partial charge in [0.2, 0.25) is 16.0 Å². The summed E-state index contributed by atoms with van der Waals surface area (Å²) in [7, 11) is -1.51. The minimum Gasteiger partial charge on any atom is -0.339 e. The minimum atomic E-state index is -3.17. The van der Waals surface area contributed by atoms with Gasteiger partial charge >= 0.3 is 0 Å². The molecule has 1 saturated carbocycles. The Morgan fingerprint density at radius 3 is 2.57 bits per heavy atom. The van der Waals surface area contributed by atoms with Crippen LogP contribution in [-0.4, -0.2) is 54.1 Å². The van der Waals surface area contributed by atoms with E-state index in [1.807, 2.05) is 4.90 Å². The summed E-state index contributed by atoms with van der Waals surface area (Å²) in [6, 6.07) is -0.0713. The van der Waals surface area contributed by atoms with Crippen molar-refractivity contribution in [2.45, 2.75) is 37.0 Å². The lowest BCUT2D eigenvalue weighted by Gasteiger charge is -2.37. The van der Waals surface area contributed by atoms with Crippen LogP contribution in [0.2, 0.25) is 0 Å². The van der Waals surface area contributed by atoms with Gasteiger partial charge in [0.15, 0.2) is 5.82 Å². The molecule has 2 fully saturated rings. The standard InChI is InChI=1S/C13H19FN4O2S/c1-17(21(19,20)12-4-5-12)11-3-2-6-18(9-11)13-15-7-10(14)8-16-13/h7-8,11-12H,2-6,9H2,1H3. The number of anilines is 1. The fraction of sp³-hybridized carbons (Fsp3) is 0.692. The van der Waals surface area contributed by atoms with Crippen LogP contribution in [-0.2, 0) is 10.0 Å². The smallest absolute Gasteiger partial charge is 0.225 e. The molecule has 0 spiro atoms. The van der Waals surface area contributed by atoms with Gasteiger partial charge < -0.3 is 4.90 Å². The zero-order valence-corrected chi connectivity index (χ0v) is 12.8. The van der Waals surface area contributed by atoms with Gasteiger partial charge in [-0.1, -0.05) is 0 Å². The molecule has 2 heterocycles. The van der Waals surface area contributed by atoms with Crippen molar-refractivity contribution in [3.05, 3.63) is 18.2 Å². The third-order valence-electron chi connectivity index (χ3n) is 4.15. The average Bonchev–Trinajstić information content (AvgIpc) is 3.32. The summed E-state index contributed by atoms with van der Waals surface area (Å²) in [5.74, 6) is -0.0148. The molecular formula is C13H19FN4O2S. The second kappa shape index (κ2) is 5.49. The van der Waals surface area contributed by atoms with Crippen LogP contribution < -0.4 is 4.90 Å². The van der Waals surface area contributed by atoms with Crippen molar-refractivity contribution in [1.82, 2.24) is 14.3 Å². The van der Waals surface area contributed by atoms with Gasteiger partial charge in [0.05, 0.1) is 17.6 Å². The molecule has 1 atom stereocenters. The Kier molecular flexibility index (Phi) is 3.83. The third kappa shape index (κ3) is 3.01. The monoisotopic (exact) mass is 314 g/mol. The predicted molar refractivity (Wildman–Crippen MR) is 76.9 cm³/mol. The number of halogens is 1. The molecule has 0 radical (unpaired) electrons. The molecule has 0 amide bonds. The van der Waals surface area contributed by atoms with E-state index in [1.54, 1.807) is 7.05 Å². The van der Waals surface area contributed by atoms with Gasteiger partial charge in [0.25, 0.3) is 0 Å². The summed E-state index contributed by atoms with van der Waals surface area (Å²) in [5, 5.41) is -0.194. The largest absolute Gasteiger partial charge is 0.339 e. The maximum absolute atomic E-state index is 12.9. The Labute approximate surface area is 124 Å². The molecule has 1 aliphatic heterocycles. The van der Waals surface area contributed by atoms with E-state index in [9.17, 15) is 12.8 Å². The number of aromatic nitrogens is 2. The van der Waals surface area contributed by atoms with Gasteiger partial charge in [0.1, 0.15) is 0 Å². The predicted octanol–water partition coefficient (Wildman–Crippen LogP) is 1.01. The van der Waals surface area contributed by atoms with Crippen LogP contribution in [0, 0.1) is 5.82 Å². The zero-order valence-electron chi connectivity index (χ0n) is 11.9. The normalized spacial score (nSPS) is 23.6. The van der Waals surface area contributed by atoms with Crippen LogP contribution >= 0.6 is 0 Å². The molecule has 3 rings (SSSR count). The maximum atomic E-state index is 12.9. The van der Waals surface area contributed by atoms with Gasteiger partial charge in [-0.3, -0.25) is 0 Å².